The lowest BCUT2D eigenvalue weighted by Gasteiger charge is -2.31. The molecule has 0 aromatic heterocycles. The topological polar surface area (TPSA) is 21.3 Å². The van der Waals surface area contributed by atoms with Gasteiger partial charge in [-0.3, -0.25) is 0 Å². The summed E-state index contributed by atoms with van der Waals surface area (Å²) < 4.78 is 5.31. The normalized spacial score (nSPS) is 32.0. The highest BCUT2D eigenvalue weighted by molar-refractivity contribution is 8.00. The first kappa shape index (κ1) is 10.5. The first-order valence-corrected chi connectivity index (χ1v) is 6.78. The van der Waals surface area contributed by atoms with E-state index >= 15 is 0 Å². The van der Waals surface area contributed by atoms with Crippen LogP contribution >= 0.6 is 11.8 Å². The molecule has 0 spiro atoms. The smallest absolute Gasteiger partial charge is 0.119 e. The van der Waals surface area contributed by atoms with E-state index in [2.05, 4.69) is 42.2 Å². The molecule has 0 bridgehead atoms. The Hall–Kier alpha value is -0.670. The number of ether oxygens (including phenoxy) is 1. The van der Waals surface area contributed by atoms with Crippen LogP contribution in [-0.4, -0.2) is 24.2 Å². The lowest BCUT2D eigenvalue weighted by atomic mass is 10.1. The average Bonchev–Trinajstić information content (AvgIpc) is 2.65. The second kappa shape index (κ2) is 3.97. The predicted molar refractivity (Wildman–Crippen MR) is 68.3 cm³/mol. The van der Waals surface area contributed by atoms with E-state index in [9.17, 15) is 0 Å². The number of hydrogen-bond acceptors (Lipinski definition) is 3. The largest absolute Gasteiger partial charge is 0.497 e. The molecule has 0 amide bonds. The van der Waals surface area contributed by atoms with Gasteiger partial charge in [-0.25, -0.2) is 0 Å². The molecule has 1 aliphatic carbocycles. The van der Waals surface area contributed by atoms with Gasteiger partial charge in [-0.1, -0.05) is 13.0 Å². The minimum absolute atomic E-state index is 0.534. The Kier molecular flexibility index (Phi) is 2.60. The molecule has 3 unspecified atom stereocenters. The lowest BCUT2D eigenvalue weighted by molar-refractivity contribution is 0.413. The maximum Gasteiger partial charge on any atom is 0.119 e. The Morgan fingerprint density at radius 3 is 3.12 bits per heavy atom. The van der Waals surface area contributed by atoms with Crippen molar-refractivity contribution < 1.29 is 4.74 Å². The number of thioether (sulfide) groups is 1. The van der Waals surface area contributed by atoms with E-state index in [4.69, 9.17) is 4.74 Å². The van der Waals surface area contributed by atoms with Gasteiger partial charge in [0.25, 0.3) is 0 Å². The maximum absolute atomic E-state index is 5.31. The van der Waals surface area contributed by atoms with Gasteiger partial charge in [0, 0.05) is 23.1 Å². The van der Waals surface area contributed by atoms with Crippen molar-refractivity contribution in [2.75, 3.05) is 13.7 Å². The quantitative estimate of drug-likeness (QED) is 0.807. The molecule has 86 valence electrons. The SMILES string of the molecule is COc1ccc2c(c1)C1NCC(C)SC1C2. The summed E-state index contributed by atoms with van der Waals surface area (Å²) in [4.78, 5) is 0. The van der Waals surface area contributed by atoms with Crippen LogP contribution in [0.1, 0.15) is 24.1 Å². The number of methoxy groups -OCH3 is 1. The van der Waals surface area contributed by atoms with Crippen molar-refractivity contribution >= 4 is 11.8 Å². The van der Waals surface area contributed by atoms with Crippen molar-refractivity contribution in [2.24, 2.45) is 0 Å². The van der Waals surface area contributed by atoms with Gasteiger partial charge in [-0.15, -0.1) is 0 Å². The van der Waals surface area contributed by atoms with Crippen molar-refractivity contribution in [3.63, 3.8) is 0 Å². The Balaban J connectivity index is 1.93. The number of hydrogen-bond donors (Lipinski definition) is 1. The van der Waals surface area contributed by atoms with Crippen molar-refractivity contribution in [2.45, 2.75) is 29.9 Å². The van der Waals surface area contributed by atoms with Crippen molar-refractivity contribution in [3.8, 4) is 5.75 Å². The van der Waals surface area contributed by atoms with Gasteiger partial charge in [0.2, 0.25) is 0 Å². The first-order chi connectivity index (χ1) is 7.78. The van der Waals surface area contributed by atoms with Crippen molar-refractivity contribution in [1.82, 2.24) is 5.32 Å². The van der Waals surface area contributed by atoms with Crippen LogP contribution < -0.4 is 10.1 Å². The summed E-state index contributed by atoms with van der Waals surface area (Å²) in [6.07, 6.45) is 1.20. The van der Waals surface area contributed by atoms with E-state index in [-0.39, 0.29) is 0 Å². The fraction of sp³-hybridized carbons (Fsp3) is 0.538. The van der Waals surface area contributed by atoms with Gasteiger partial charge in [0.15, 0.2) is 0 Å². The van der Waals surface area contributed by atoms with Gasteiger partial charge >= 0.3 is 0 Å². The zero-order valence-corrected chi connectivity index (χ0v) is 10.5. The van der Waals surface area contributed by atoms with Crippen LogP contribution in [0.3, 0.4) is 0 Å². The van der Waals surface area contributed by atoms with Crippen LogP contribution in [0.4, 0.5) is 0 Å². The monoisotopic (exact) mass is 235 g/mol. The number of fused-ring (bicyclic) bond motifs is 3. The predicted octanol–water partition coefficient (Wildman–Crippen LogP) is 2.39. The summed E-state index contributed by atoms with van der Waals surface area (Å²) in [7, 11) is 1.74. The number of benzene rings is 1. The average molecular weight is 235 g/mol. The third-order valence-electron chi connectivity index (χ3n) is 3.51. The highest BCUT2D eigenvalue weighted by Gasteiger charge is 2.36. The van der Waals surface area contributed by atoms with Gasteiger partial charge in [0.1, 0.15) is 5.75 Å². The molecule has 0 radical (unpaired) electrons. The Labute approximate surface area is 101 Å². The second-order valence-corrected chi connectivity index (χ2v) is 6.32. The molecule has 1 saturated heterocycles. The third kappa shape index (κ3) is 1.62. The van der Waals surface area contributed by atoms with Crippen LogP contribution in [0.2, 0.25) is 0 Å². The maximum atomic E-state index is 5.31. The van der Waals surface area contributed by atoms with Gasteiger partial charge in [-0.05, 0) is 29.7 Å². The summed E-state index contributed by atoms with van der Waals surface area (Å²) in [5, 5.41) is 5.11. The second-order valence-electron chi connectivity index (χ2n) is 4.64. The van der Waals surface area contributed by atoms with Gasteiger partial charge in [0.05, 0.1) is 7.11 Å². The molecular weight excluding hydrogens is 218 g/mol. The summed E-state index contributed by atoms with van der Waals surface area (Å²) in [6.45, 7) is 3.42. The number of rotatable bonds is 1. The summed E-state index contributed by atoms with van der Waals surface area (Å²) in [6, 6.07) is 7.03. The minimum atomic E-state index is 0.534. The molecule has 1 aromatic rings. The molecule has 1 aromatic carbocycles. The standard InChI is InChI=1S/C13H17NOS/c1-8-7-14-13-11-6-10(15-2)4-3-9(11)5-12(13)16-8/h3-4,6,8,12-14H,5,7H2,1-2H3. The highest BCUT2D eigenvalue weighted by atomic mass is 32.2. The summed E-state index contributed by atoms with van der Waals surface area (Å²) >= 11 is 2.12. The molecule has 0 saturated carbocycles. The summed E-state index contributed by atoms with van der Waals surface area (Å²) in [5.41, 5.74) is 2.94. The van der Waals surface area contributed by atoms with Crippen LogP contribution in [0.15, 0.2) is 18.2 Å². The Bertz CT molecular complexity index is 407. The van der Waals surface area contributed by atoms with E-state index in [1.165, 1.54) is 17.5 Å². The molecule has 2 nitrogen and oxygen atoms in total. The molecule has 1 aliphatic heterocycles. The molecule has 2 aliphatic rings. The summed E-state index contributed by atoms with van der Waals surface area (Å²) in [5.74, 6) is 0.977. The third-order valence-corrected chi connectivity index (χ3v) is 4.93. The Morgan fingerprint density at radius 2 is 2.31 bits per heavy atom. The van der Waals surface area contributed by atoms with E-state index in [1.54, 1.807) is 7.11 Å². The zero-order chi connectivity index (χ0) is 11.1. The van der Waals surface area contributed by atoms with E-state index < -0.39 is 0 Å². The van der Waals surface area contributed by atoms with Crippen LogP contribution in [0, 0.1) is 0 Å². The van der Waals surface area contributed by atoms with E-state index in [0.717, 1.165) is 17.5 Å². The van der Waals surface area contributed by atoms with Gasteiger partial charge < -0.3 is 10.1 Å². The molecule has 1 heterocycles. The van der Waals surface area contributed by atoms with Crippen molar-refractivity contribution in [1.29, 1.82) is 0 Å². The van der Waals surface area contributed by atoms with E-state index in [0.29, 0.717) is 11.3 Å². The molecule has 1 fully saturated rings. The van der Waals surface area contributed by atoms with Crippen LogP contribution in [-0.2, 0) is 6.42 Å². The molecular formula is C13H17NOS. The minimum Gasteiger partial charge on any atom is -0.497 e. The molecule has 3 rings (SSSR count). The van der Waals surface area contributed by atoms with Gasteiger partial charge in [-0.2, -0.15) is 11.8 Å². The van der Waals surface area contributed by atoms with Crippen LogP contribution in [0.5, 0.6) is 5.75 Å². The first-order valence-electron chi connectivity index (χ1n) is 5.83. The fourth-order valence-electron chi connectivity index (χ4n) is 2.72. The highest BCUT2D eigenvalue weighted by Crippen LogP contribution is 2.43. The molecule has 3 atom stereocenters. The van der Waals surface area contributed by atoms with Crippen LogP contribution in [0.25, 0.3) is 0 Å². The number of nitrogens with one attached hydrogen (secondary N) is 1. The Morgan fingerprint density at radius 1 is 1.44 bits per heavy atom. The van der Waals surface area contributed by atoms with Crippen molar-refractivity contribution in [3.05, 3.63) is 29.3 Å². The molecule has 3 heteroatoms. The lowest BCUT2D eigenvalue weighted by Crippen LogP contribution is -2.38. The zero-order valence-electron chi connectivity index (χ0n) is 9.69. The fourth-order valence-corrected chi connectivity index (χ4v) is 4.18. The van der Waals surface area contributed by atoms with E-state index in [1.807, 2.05) is 0 Å². The molecule has 16 heavy (non-hydrogen) atoms. The molecule has 1 N–H and O–H groups in total.